The van der Waals surface area contributed by atoms with Crippen molar-refractivity contribution in [3.63, 3.8) is 0 Å². The van der Waals surface area contributed by atoms with Crippen molar-refractivity contribution in [2.45, 2.75) is 25.8 Å². The molecule has 0 unspecified atom stereocenters. The number of hydrogen-bond donors (Lipinski definition) is 2. The summed E-state index contributed by atoms with van der Waals surface area (Å²) >= 11 is 0. The number of piperidine rings is 1. The predicted octanol–water partition coefficient (Wildman–Crippen LogP) is -0.541. The summed E-state index contributed by atoms with van der Waals surface area (Å²) in [4.78, 5) is 6.23. The zero-order chi connectivity index (χ0) is 13.8. The maximum atomic E-state index is 2.55. The van der Waals surface area contributed by atoms with E-state index in [9.17, 15) is 0 Å². The SMILES string of the molecule is CC[NH+]1CCC([NH+]2CCN(c3ccccc3)CC2)CC1. The van der Waals surface area contributed by atoms with Gasteiger partial charge in [-0.25, -0.2) is 0 Å². The third-order valence-electron chi connectivity index (χ3n) is 5.30. The first-order chi connectivity index (χ1) is 9.86. The largest absolute Gasteiger partial charge is 0.360 e. The van der Waals surface area contributed by atoms with Crippen molar-refractivity contribution < 1.29 is 9.80 Å². The lowest BCUT2D eigenvalue weighted by Crippen LogP contribution is -3.22. The first-order valence-electron chi connectivity index (χ1n) is 8.35. The third kappa shape index (κ3) is 3.15. The molecule has 0 amide bonds. The Bertz CT molecular complexity index is 390. The monoisotopic (exact) mass is 275 g/mol. The average Bonchev–Trinajstić information content (AvgIpc) is 2.56. The first-order valence-corrected chi connectivity index (χ1v) is 8.35. The average molecular weight is 275 g/mol. The van der Waals surface area contributed by atoms with E-state index >= 15 is 0 Å². The lowest BCUT2D eigenvalue weighted by molar-refractivity contribution is -0.957. The Morgan fingerprint density at radius 3 is 2.25 bits per heavy atom. The summed E-state index contributed by atoms with van der Waals surface area (Å²) in [5.74, 6) is 0. The molecule has 1 aromatic carbocycles. The van der Waals surface area contributed by atoms with E-state index in [0.29, 0.717) is 0 Å². The number of anilines is 1. The van der Waals surface area contributed by atoms with Crippen molar-refractivity contribution >= 4 is 5.69 Å². The second kappa shape index (κ2) is 6.59. The fourth-order valence-electron chi connectivity index (χ4n) is 3.89. The van der Waals surface area contributed by atoms with Crippen molar-refractivity contribution in [3.05, 3.63) is 30.3 Å². The number of rotatable bonds is 3. The van der Waals surface area contributed by atoms with Crippen molar-refractivity contribution in [1.82, 2.24) is 0 Å². The second-order valence-corrected chi connectivity index (χ2v) is 6.36. The quantitative estimate of drug-likeness (QED) is 0.755. The van der Waals surface area contributed by atoms with Crippen molar-refractivity contribution in [1.29, 1.82) is 0 Å². The number of nitrogens with zero attached hydrogens (tertiary/aromatic N) is 1. The van der Waals surface area contributed by atoms with E-state index in [4.69, 9.17) is 0 Å². The van der Waals surface area contributed by atoms with Gasteiger partial charge in [0.05, 0.1) is 51.9 Å². The predicted molar refractivity (Wildman–Crippen MR) is 83.6 cm³/mol. The molecule has 0 spiro atoms. The van der Waals surface area contributed by atoms with Gasteiger partial charge in [-0.05, 0) is 19.1 Å². The summed E-state index contributed by atoms with van der Waals surface area (Å²) in [6.07, 6.45) is 2.87. The highest BCUT2D eigenvalue weighted by atomic mass is 15.3. The van der Waals surface area contributed by atoms with Gasteiger partial charge < -0.3 is 14.7 Å². The normalized spacial score (nSPS) is 28.6. The molecule has 20 heavy (non-hydrogen) atoms. The van der Waals surface area contributed by atoms with Crippen LogP contribution >= 0.6 is 0 Å². The lowest BCUT2D eigenvalue weighted by atomic mass is 10.0. The van der Waals surface area contributed by atoms with Crippen LogP contribution in [0.2, 0.25) is 0 Å². The van der Waals surface area contributed by atoms with Crippen LogP contribution < -0.4 is 14.7 Å². The van der Waals surface area contributed by atoms with Gasteiger partial charge in [0.1, 0.15) is 0 Å². The molecule has 0 saturated carbocycles. The summed E-state index contributed by atoms with van der Waals surface area (Å²) in [6.45, 7) is 11.5. The number of piperazine rings is 1. The fraction of sp³-hybridized carbons (Fsp3) is 0.647. The fourth-order valence-corrected chi connectivity index (χ4v) is 3.89. The maximum absolute atomic E-state index is 2.55. The summed E-state index contributed by atoms with van der Waals surface area (Å²) in [5, 5.41) is 0. The Morgan fingerprint density at radius 2 is 1.65 bits per heavy atom. The Morgan fingerprint density at radius 1 is 1.00 bits per heavy atom. The van der Waals surface area contributed by atoms with Crippen LogP contribution in [0.3, 0.4) is 0 Å². The van der Waals surface area contributed by atoms with E-state index < -0.39 is 0 Å². The molecule has 110 valence electrons. The summed E-state index contributed by atoms with van der Waals surface area (Å²) < 4.78 is 0. The van der Waals surface area contributed by atoms with Crippen LogP contribution in [0.4, 0.5) is 5.69 Å². The minimum Gasteiger partial charge on any atom is -0.360 e. The Labute approximate surface area is 123 Å². The molecule has 2 aliphatic heterocycles. The van der Waals surface area contributed by atoms with Crippen LogP contribution in [0.1, 0.15) is 19.8 Å². The van der Waals surface area contributed by atoms with E-state index in [-0.39, 0.29) is 0 Å². The smallest absolute Gasteiger partial charge is 0.0984 e. The molecule has 2 aliphatic rings. The van der Waals surface area contributed by atoms with Gasteiger partial charge in [-0.2, -0.15) is 0 Å². The van der Waals surface area contributed by atoms with Crippen LogP contribution in [0.25, 0.3) is 0 Å². The summed E-state index contributed by atoms with van der Waals surface area (Å²) in [5.41, 5.74) is 1.40. The maximum Gasteiger partial charge on any atom is 0.0984 e. The molecule has 2 saturated heterocycles. The number of likely N-dealkylation sites (tertiary alicyclic amines) is 1. The first kappa shape index (κ1) is 13.9. The van der Waals surface area contributed by atoms with E-state index in [1.165, 1.54) is 64.3 Å². The van der Waals surface area contributed by atoms with Gasteiger partial charge in [-0.1, -0.05) is 18.2 Å². The minimum atomic E-state index is 0.934. The van der Waals surface area contributed by atoms with E-state index in [0.717, 1.165) is 6.04 Å². The van der Waals surface area contributed by atoms with Gasteiger partial charge in [0.2, 0.25) is 0 Å². The number of benzene rings is 1. The molecule has 0 atom stereocenters. The zero-order valence-electron chi connectivity index (χ0n) is 12.8. The van der Waals surface area contributed by atoms with Gasteiger partial charge in [0, 0.05) is 18.5 Å². The van der Waals surface area contributed by atoms with Gasteiger partial charge in [-0.3, -0.25) is 0 Å². The Hall–Kier alpha value is -1.06. The molecular formula is C17H29N3+2. The Kier molecular flexibility index (Phi) is 4.58. The van der Waals surface area contributed by atoms with Crippen molar-refractivity contribution in [2.24, 2.45) is 0 Å². The highest BCUT2D eigenvalue weighted by Crippen LogP contribution is 2.12. The molecule has 3 heteroatoms. The molecule has 2 heterocycles. The molecule has 0 aliphatic carbocycles. The standard InChI is InChI=1S/C17H27N3/c1-2-18-10-8-17(9-11-18)20-14-12-19(13-15-20)16-6-4-3-5-7-16/h3-7,17H,2,8-15H2,1H3/p+2. The minimum absolute atomic E-state index is 0.934. The Balaban J connectivity index is 1.49. The zero-order valence-corrected chi connectivity index (χ0v) is 12.8. The molecule has 2 fully saturated rings. The molecule has 0 radical (unpaired) electrons. The summed E-state index contributed by atoms with van der Waals surface area (Å²) in [6, 6.07) is 11.8. The van der Waals surface area contributed by atoms with Crippen LogP contribution in [0, 0.1) is 0 Å². The van der Waals surface area contributed by atoms with E-state index in [1.807, 2.05) is 9.80 Å². The molecule has 0 bridgehead atoms. The van der Waals surface area contributed by atoms with Crippen LogP contribution in [-0.4, -0.2) is 51.9 Å². The van der Waals surface area contributed by atoms with Crippen molar-refractivity contribution in [2.75, 3.05) is 50.7 Å². The number of quaternary nitrogens is 2. The molecule has 0 aromatic heterocycles. The molecule has 3 rings (SSSR count). The molecule has 2 N–H and O–H groups in total. The van der Waals surface area contributed by atoms with Gasteiger partial charge in [0.15, 0.2) is 0 Å². The highest BCUT2D eigenvalue weighted by molar-refractivity contribution is 5.46. The molecule has 3 nitrogen and oxygen atoms in total. The highest BCUT2D eigenvalue weighted by Gasteiger charge is 2.31. The number of para-hydroxylation sites is 1. The lowest BCUT2D eigenvalue weighted by Gasteiger charge is -2.39. The van der Waals surface area contributed by atoms with E-state index in [1.54, 1.807) is 0 Å². The summed E-state index contributed by atoms with van der Waals surface area (Å²) in [7, 11) is 0. The third-order valence-corrected chi connectivity index (χ3v) is 5.30. The second-order valence-electron chi connectivity index (χ2n) is 6.36. The number of nitrogens with one attached hydrogen (secondary N) is 2. The van der Waals surface area contributed by atoms with Gasteiger partial charge in [-0.15, -0.1) is 0 Å². The molecular weight excluding hydrogens is 246 g/mol. The van der Waals surface area contributed by atoms with Gasteiger partial charge >= 0.3 is 0 Å². The van der Waals surface area contributed by atoms with Crippen LogP contribution in [0.5, 0.6) is 0 Å². The van der Waals surface area contributed by atoms with E-state index in [2.05, 4.69) is 42.2 Å². The van der Waals surface area contributed by atoms with Crippen LogP contribution in [0.15, 0.2) is 30.3 Å². The van der Waals surface area contributed by atoms with Crippen molar-refractivity contribution in [3.8, 4) is 0 Å². The van der Waals surface area contributed by atoms with Gasteiger partial charge in [0.25, 0.3) is 0 Å². The number of hydrogen-bond acceptors (Lipinski definition) is 1. The van der Waals surface area contributed by atoms with Crippen LogP contribution in [-0.2, 0) is 0 Å². The topological polar surface area (TPSA) is 12.1 Å². The molecule has 1 aromatic rings.